The Morgan fingerprint density at radius 3 is 2.54 bits per heavy atom. The summed E-state index contributed by atoms with van der Waals surface area (Å²) in [5.41, 5.74) is 1.42. The van der Waals surface area contributed by atoms with Crippen LogP contribution < -0.4 is 0 Å². The van der Waals surface area contributed by atoms with Crippen molar-refractivity contribution in [2.45, 2.75) is 50.0 Å². The van der Waals surface area contributed by atoms with Gasteiger partial charge >= 0.3 is 0 Å². The zero-order valence-electron chi connectivity index (χ0n) is 15.1. The lowest BCUT2D eigenvalue weighted by atomic mass is 9.52. The molecule has 26 heavy (non-hydrogen) atoms. The number of aliphatic imine (C=N–C) groups is 1. The molecule has 0 amide bonds. The fourth-order valence-corrected chi connectivity index (χ4v) is 6.42. The van der Waals surface area contributed by atoms with Gasteiger partial charge in [0.25, 0.3) is 0 Å². The van der Waals surface area contributed by atoms with Crippen LogP contribution in [0.25, 0.3) is 0 Å². The highest BCUT2D eigenvalue weighted by atomic mass is 35.5. The number of halogens is 2. The van der Waals surface area contributed by atoms with Gasteiger partial charge in [-0.05, 0) is 61.6 Å². The van der Waals surface area contributed by atoms with E-state index in [2.05, 4.69) is 17.0 Å². The molecule has 2 aliphatic heterocycles. The van der Waals surface area contributed by atoms with Gasteiger partial charge in [0.2, 0.25) is 0 Å². The Hall–Kier alpha value is -0.770. The second kappa shape index (κ2) is 6.68. The maximum Gasteiger partial charge on any atom is 0.0998 e. The molecule has 4 fully saturated rings. The summed E-state index contributed by atoms with van der Waals surface area (Å²) in [5.74, 6) is 3.25. The Bertz CT molecular complexity index is 723. The van der Waals surface area contributed by atoms with E-state index in [0.29, 0.717) is 21.9 Å². The van der Waals surface area contributed by atoms with Crippen LogP contribution in [0.5, 0.6) is 0 Å². The third-order valence-corrected chi connectivity index (χ3v) is 7.99. The first kappa shape index (κ1) is 17.3. The number of morpholine rings is 1. The predicted molar refractivity (Wildman–Crippen MR) is 106 cm³/mol. The molecule has 0 aromatic heterocycles. The number of hydrogen-bond acceptors (Lipinski definition) is 3. The van der Waals surface area contributed by atoms with Crippen molar-refractivity contribution in [3.8, 4) is 0 Å². The molecule has 1 saturated heterocycles. The molecule has 2 unspecified atom stereocenters. The van der Waals surface area contributed by atoms with Gasteiger partial charge in [-0.15, -0.1) is 0 Å². The molecule has 6 rings (SSSR count). The smallest absolute Gasteiger partial charge is 0.0998 e. The molecule has 140 valence electrons. The number of benzene rings is 1. The first-order valence-electron chi connectivity index (χ1n) is 10.0. The van der Waals surface area contributed by atoms with E-state index < -0.39 is 0 Å². The molecule has 0 radical (unpaired) electrons. The van der Waals surface area contributed by atoms with E-state index in [0.717, 1.165) is 38.6 Å². The van der Waals surface area contributed by atoms with Crippen LogP contribution in [0.2, 0.25) is 10.0 Å². The highest BCUT2D eigenvalue weighted by Crippen LogP contribution is 2.60. The summed E-state index contributed by atoms with van der Waals surface area (Å²) in [5, 5.41) is 1.32. The Labute approximate surface area is 165 Å². The maximum atomic E-state index is 6.39. The lowest BCUT2D eigenvalue weighted by molar-refractivity contribution is 0.0425. The second-order valence-electron chi connectivity index (χ2n) is 8.38. The molecule has 1 aromatic carbocycles. The van der Waals surface area contributed by atoms with Gasteiger partial charge < -0.3 is 9.64 Å². The van der Waals surface area contributed by atoms with Gasteiger partial charge in [-0.25, -0.2) is 0 Å². The first-order valence-corrected chi connectivity index (χ1v) is 10.8. The van der Waals surface area contributed by atoms with Gasteiger partial charge in [0.15, 0.2) is 0 Å². The highest BCUT2D eigenvalue weighted by Gasteiger charge is 2.57. The zero-order chi connectivity index (χ0) is 17.7. The van der Waals surface area contributed by atoms with E-state index in [1.807, 2.05) is 6.07 Å². The van der Waals surface area contributed by atoms with Gasteiger partial charge in [0.1, 0.15) is 0 Å². The Kier molecular flexibility index (Phi) is 4.46. The second-order valence-corrected chi connectivity index (χ2v) is 9.20. The molecule has 3 aliphatic carbocycles. The van der Waals surface area contributed by atoms with Crippen LogP contribution in [-0.2, 0) is 4.74 Å². The molecular weight excluding hydrogens is 367 g/mol. The van der Waals surface area contributed by atoms with Crippen LogP contribution in [0, 0.1) is 11.8 Å². The minimum Gasteiger partial charge on any atom is -0.378 e. The van der Waals surface area contributed by atoms with Crippen LogP contribution in [0.1, 0.15) is 50.0 Å². The third-order valence-electron chi connectivity index (χ3n) is 7.25. The van der Waals surface area contributed by atoms with Gasteiger partial charge in [0, 0.05) is 25.4 Å². The van der Waals surface area contributed by atoms with Crippen molar-refractivity contribution in [3.05, 3.63) is 33.8 Å². The molecule has 1 spiro atoms. The van der Waals surface area contributed by atoms with Crippen LogP contribution in [0.4, 0.5) is 0 Å². The van der Waals surface area contributed by atoms with E-state index in [-0.39, 0.29) is 5.54 Å². The summed E-state index contributed by atoms with van der Waals surface area (Å²) >= 11 is 12.6. The number of amidine groups is 1. The largest absolute Gasteiger partial charge is 0.378 e. The summed E-state index contributed by atoms with van der Waals surface area (Å²) < 4.78 is 5.54. The molecule has 1 aromatic rings. The molecular formula is C21H26Cl2N2O. The fourth-order valence-electron chi connectivity index (χ4n) is 6.12. The van der Waals surface area contributed by atoms with Crippen LogP contribution in [0.15, 0.2) is 23.2 Å². The van der Waals surface area contributed by atoms with E-state index in [1.54, 1.807) is 0 Å². The van der Waals surface area contributed by atoms with Crippen molar-refractivity contribution in [1.29, 1.82) is 0 Å². The minimum absolute atomic E-state index is 0.0754. The summed E-state index contributed by atoms with van der Waals surface area (Å²) in [6.07, 6.45) is 7.64. The van der Waals surface area contributed by atoms with Crippen molar-refractivity contribution >= 4 is 29.0 Å². The van der Waals surface area contributed by atoms with Crippen molar-refractivity contribution in [1.82, 2.24) is 4.90 Å². The average Bonchev–Trinajstić information content (AvgIpc) is 3.11. The van der Waals surface area contributed by atoms with Gasteiger partial charge in [-0.1, -0.05) is 29.3 Å². The van der Waals surface area contributed by atoms with Crippen molar-refractivity contribution in [2.75, 3.05) is 26.3 Å². The molecule has 2 heterocycles. The molecule has 3 nitrogen and oxygen atoms in total. The lowest BCUT2D eigenvalue weighted by Gasteiger charge is -2.54. The number of fused-ring (bicyclic) bond motifs is 2. The zero-order valence-corrected chi connectivity index (χ0v) is 16.6. The van der Waals surface area contributed by atoms with E-state index in [4.69, 9.17) is 32.9 Å². The number of ether oxygens (including phenoxy) is 1. The van der Waals surface area contributed by atoms with Gasteiger partial charge in [-0.3, -0.25) is 4.99 Å². The number of rotatable bonds is 1. The van der Waals surface area contributed by atoms with E-state index in [9.17, 15) is 0 Å². The third kappa shape index (κ3) is 2.70. The Morgan fingerprint density at radius 1 is 1.04 bits per heavy atom. The van der Waals surface area contributed by atoms with Crippen LogP contribution in [-0.4, -0.2) is 42.6 Å². The normalized spacial score (nSPS) is 36.6. The SMILES string of the molecule is Clc1ccc(C2C3CCC(CC3)C23CCC(N2CCOCC2)=N3)cc1Cl. The van der Waals surface area contributed by atoms with Gasteiger partial charge in [-0.2, -0.15) is 0 Å². The van der Waals surface area contributed by atoms with Gasteiger partial charge in [0.05, 0.1) is 34.6 Å². The summed E-state index contributed by atoms with van der Waals surface area (Å²) in [6.45, 7) is 3.63. The van der Waals surface area contributed by atoms with E-state index >= 15 is 0 Å². The summed E-state index contributed by atoms with van der Waals surface area (Å²) in [7, 11) is 0. The molecule has 2 bridgehead atoms. The Morgan fingerprint density at radius 2 is 1.81 bits per heavy atom. The summed E-state index contributed by atoms with van der Waals surface area (Å²) in [6, 6.07) is 6.28. The number of nitrogens with zero attached hydrogens (tertiary/aromatic N) is 2. The monoisotopic (exact) mass is 392 g/mol. The van der Waals surface area contributed by atoms with Crippen LogP contribution >= 0.6 is 23.2 Å². The standard InChI is InChI=1S/C21H26Cl2N2O/c22-17-6-3-15(13-18(17)23)20-14-1-4-16(5-2-14)21(20)8-7-19(24-21)25-9-11-26-12-10-25/h3,6,13-14,16,20H,1-2,4-5,7-12H2. The highest BCUT2D eigenvalue weighted by molar-refractivity contribution is 6.42. The molecule has 3 saturated carbocycles. The minimum atomic E-state index is 0.0754. The molecule has 0 N–H and O–H groups in total. The average molecular weight is 393 g/mol. The molecule has 2 atom stereocenters. The van der Waals surface area contributed by atoms with Crippen molar-refractivity contribution < 1.29 is 4.74 Å². The van der Waals surface area contributed by atoms with Crippen molar-refractivity contribution in [3.63, 3.8) is 0 Å². The quantitative estimate of drug-likeness (QED) is 0.658. The van der Waals surface area contributed by atoms with Crippen LogP contribution in [0.3, 0.4) is 0 Å². The fraction of sp³-hybridized carbons (Fsp3) is 0.667. The lowest BCUT2D eigenvalue weighted by Crippen LogP contribution is -2.51. The van der Waals surface area contributed by atoms with E-state index in [1.165, 1.54) is 43.5 Å². The van der Waals surface area contributed by atoms with Crippen molar-refractivity contribution in [2.24, 2.45) is 16.8 Å². The summed E-state index contributed by atoms with van der Waals surface area (Å²) in [4.78, 5) is 7.97. The predicted octanol–water partition coefficient (Wildman–Crippen LogP) is 5.16. The maximum absolute atomic E-state index is 6.39. The molecule has 5 heteroatoms. The molecule has 5 aliphatic rings. The topological polar surface area (TPSA) is 24.8 Å². The number of hydrogen-bond donors (Lipinski definition) is 0. The first-order chi connectivity index (χ1) is 12.7. The Balaban J connectivity index is 1.54.